The number of nitrogens with zero attached hydrogens (tertiary/aromatic N) is 1. The summed E-state index contributed by atoms with van der Waals surface area (Å²) in [5.74, 6) is -2.57. The first-order valence-corrected chi connectivity index (χ1v) is 6.16. The average Bonchev–Trinajstić information content (AvgIpc) is 2.45. The normalized spacial score (nSPS) is 32.8. The molecule has 1 N–H and O–H groups in total. The lowest BCUT2D eigenvalue weighted by atomic mass is 9.92. The van der Waals surface area contributed by atoms with Crippen LogP contribution in [0.2, 0.25) is 0 Å². The number of rotatable bonds is 2. The lowest BCUT2D eigenvalue weighted by Gasteiger charge is -2.45. The van der Waals surface area contributed by atoms with Gasteiger partial charge in [0.25, 0.3) is 5.91 Å². The van der Waals surface area contributed by atoms with Gasteiger partial charge in [-0.15, -0.1) is 11.8 Å². The molecule has 0 aromatic carbocycles. The van der Waals surface area contributed by atoms with Crippen molar-refractivity contribution in [2.24, 2.45) is 0 Å². The molecule has 98 valence electrons. The smallest absolute Gasteiger partial charge is 0.371 e. The molecule has 2 heterocycles. The van der Waals surface area contributed by atoms with Crippen LogP contribution in [-0.2, 0) is 19.1 Å². The van der Waals surface area contributed by atoms with Crippen LogP contribution in [0.4, 0.5) is 0 Å². The number of β-lactam (4-membered cyclic amide) rings is 1. The zero-order valence-electron chi connectivity index (χ0n) is 10.2. The van der Waals surface area contributed by atoms with Gasteiger partial charge in [-0.2, -0.15) is 0 Å². The Morgan fingerprint density at radius 2 is 2.06 bits per heavy atom. The summed E-state index contributed by atoms with van der Waals surface area (Å²) in [6.07, 6.45) is 0. The van der Waals surface area contributed by atoms with E-state index in [-0.39, 0.29) is 0 Å². The molecule has 0 spiro atoms. The van der Waals surface area contributed by atoms with Crippen LogP contribution in [0.25, 0.3) is 0 Å². The molecule has 0 bridgehead atoms. The van der Waals surface area contributed by atoms with E-state index in [0.717, 1.165) is 11.8 Å². The first kappa shape index (κ1) is 12.9. The summed E-state index contributed by atoms with van der Waals surface area (Å²) in [6, 6.07) is 0. The second-order valence-corrected chi connectivity index (χ2v) is 6.43. The van der Waals surface area contributed by atoms with E-state index >= 15 is 0 Å². The van der Waals surface area contributed by atoms with Gasteiger partial charge in [0.05, 0.1) is 4.75 Å². The highest BCUT2D eigenvalue weighted by atomic mass is 32.2. The minimum atomic E-state index is -1.97. The van der Waals surface area contributed by atoms with Crippen molar-refractivity contribution in [1.82, 2.24) is 4.90 Å². The Hall–Kier alpha value is -1.50. The van der Waals surface area contributed by atoms with Gasteiger partial charge in [-0.3, -0.25) is 14.5 Å². The summed E-state index contributed by atoms with van der Waals surface area (Å²) in [4.78, 5) is 35.7. The van der Waals surface area contributed by atoms with Gasteiger partial charge in [0, 0.05) is 12.5 Å². The van der Waals surface area contributed by atoms with E-state index in [0.29, 0.717) is 5.57 Å². The number of hydrogen-bond acceptors (Lipinski definition) is 5. The molecule has 0 radical (unpaired) electrons. The number of fused-ring (bicyclic) bond motifs is 1. The first-order valence-electron chi connectivity index (χ1n) is 5.28. The molecule has 0 unspecified atom stereocenters. The van der Waals surface area contributed by atoms with E-state index < -0.39 is 33.7 Å². The van der Waals surface area contributed by atoms with Gasteiger partial charge >= 0.3 is 17.7 Å². The van der Waals surface area contributed by atoms with E-state index in [4.69, 9.17) is 4.74 Å². The topological polar surface area (TPSA) is 83.9 Å². The molecule has 0 aromatic rings. The molecule has 18 heavy (non-hydrogen) atoms. The van der Waals surface area contributed by atoms with Crippen LogP contribution in [0.15, 0.2) is 12.2 Å². The van der Waals surface area contributed by atoms with Crippen molar-refractivity contribution in [3.63, 3.8) is 0 Å². The zero-order chi connectivity index (χ0) is 13.9. The van der Waals surface area contributed by atoms with Crippen molar-refractivity contribution in [1.29, 1.82) is 0 Å². The standard InChI is InChI=1S/C11H13NO5S/c1-5-7(14)12-8(5)18-10(3,4)11(12,9(15)16)17-6(2)13/h8H,1H2,2-4H3,(H,15,16)/t8-,11+/m1/s1. The highest BCUT2D eigenvalue weighted by Crippen LogP contribution is 2.58. The molecule has 2 atom stereocenters. The largest absolute Gasteiger partial charge is 0.477 e. The molecule has 2 rings (SSSR count). The van der Waals surface area contributed by atoms with Crippen LogP contribution in [0.3, 0.4) is 0 Å². The number of carbonyl (C=O) groups is 3. The highest BCUT2D eigenvalue weighted by Gasteiger charge is 2.73. The van der Waals surface area contributed by atoms with Crippen molar-refractivity contribution < 1.29 is 24.2 Å². The summed E-state index contributed by atoms with van der Waals surface area (Å²) in [5, 5.41) is 9.02. The van der Waals surface area contributed by atoms with Crippen molar-refractivity contribution in [3.8, 4) is 0 Å². The lowest BCUT2D eigenvalue weighted by molar-refractivity contribution is -0.211. The Morgan fingerprint density at radius 3 is 2.50 bits per heavy atom. The van der Waals surface area contributed by atoms with Gasteiger partial charge in [0.1, 0.15) is 5.37 Å². The second-order valence-electron chi connectivity index (χ2n) is 4.72. The summed E-state index contributed by atoms with van der Waals surface area (Å²) in [6.45, 7) is 8.00. The van der Waals surface area contributed by atoms with Crippen LogP contribution in [0.5, 0.6) is 0 Å². The molecule has 0 saturated carbocycles. The number of ether oxygens (including phenoxy) is 1. The van der Waals surface area contributed by atoms with Crippen molar-refractivity contribution in [3.05, 3.63) is 12.2 Å². The van der Waals surface area contributed by atoms with Gasteiger partial charge in [-0.05, 0) is 13.8 Å². The number of carbonyl (C=O) groups excluding carboxylic acids is 2. The number of carboxylic acids is 1. The van der Waals surface area contributed by atoms with Crippen LogP contribution >= 0.6 is 11.8 Å². The zero-order valence-corrected chi connectivity index (χ0v) is 11.0. The van der Waals surface area contributed by atoms with E-state index in [1.807, 2.05) is 0 Å². The number of hydrogen-bond donors (Lipinski definition) is 1. The number of esters is 1. The van der Waals surface area contributed by atoms with Gasteiger partial charge in [0.2, 0.25) is 0 Å². The summed E-state index contributed by atoms with van der Waals surface area (Å²) in [5.41, 5.74) is -1.63. The fourth-order valence-electron chi connectivity index (χ4n) is 2.32. The number of thioether (sulfide) groups is 1. The molecular formula is C11H13NO5S. The van der Waals surface area contributed by atoms with Crippen LogP contribution in [0, 0.1) is 0 Å². The third kappa shape index (κ3) is 1.28. The van der Waals surface area contributed by atoms with Crippen LogP contribution < -0.4 is 0 Å². The van der Waals surface area contributed by atoms with Crippen LogP contribution in [0.1, 0.15) is 20.8 Å². The monoisotopic (exact) mass is 271 g/mol. The lowest BCUT2D eigenvalue weighted by Crippen LogP contribution is -2.69. The second kappa shape index (κ2) is 3.50. The highest BCUT2D eigenvalue weighted by molar-refractivity contribution is 8.02. The fraction of sp³-hybridized carbons (Fsp3) is 0.545. The van der Waals surface area contributed by atoms with E-state index in [9.17, 15) is 19.5 Å². The third-order valence-electron chi connectivity index (χ3n) is 3.17. The molecule has 7 heteroatoms. The average molecular weight is 271 g/mol. The summed E-state index contributed by atoms with van der Waals surface area (Å²) in [7, 11) is 0. The molecule has 2 aliphatic rings. The maximum atomic E-state index is 11.8. The maximum Gasteiger partial charge on any atom is 0.371 e. The molecule has 0 aliphatic carbocycles. The number of amides is 1. The van der Waals surface area contributed by atoms with E-state index in [2.05, 4.69) is 6.58 Å². The SMILES string of the molecule is C=C1C(=O)N2[C@@H]1SC(C)(C)[C@@]2(OC(C)=O)C(=O)O. The third-order valence-corrected chi connectivity index (χ3v) is 4.75. The summed E-state index contributed by atoms with van der Waals surface area (Å²) >= 11 is 1.25. The molecular weight excluding hydrogens is 258 g/mol. The van der Waals surface area contributed by atoms with Gasteiger partial charge in [-0.25, -0.2) is 4.79 Å². The van der Waals surface area contributed by atoms with Crippen molar-refractivity contribution >= 4 is 29.6 Å². The quantitative estimate of drug-likeness (QED) is 0.449. The molecule has 2 fully saturated rings. The minimum absolute atomic E-state index is 0.336. The minimum Gasteiger partial charge on any atom is -0.477 e. The molecule has 1 amide bonds. The predicted molar refractivity (Wildman–Crippen MR) is 63.6 cm³/mol. The van der Waals surface area contributed by atoms with E-state index in [1.54, 1.807) is 13.8 Å². The Kier molecular flexibility index (Phi) is 2.52. The van der Waals surface area contributed by atoms with Gasteiger partial charge in [0.15, 0.2) is 0 Å². The molecule has 6 nitrogen and oxygen atoms in total. The number of aliphatic carboxylic acids is 1. The van der Waals surface area contributed by atoms with Crippen LogP contribution in [-0.4, -0.2) is 43.7 Å². The Balaban J connectivity index is 2.55. The van der Waals surface area contributed by atoms with E-state index in [1.165, 1.54) is 11.8 Å². The number of carboxylic acid groups (broad SMARTS) is 1. The summed E-state index contributed by atoms with van der Waals surface area (Å²) < 4.78 is 4.08. The predicted octanol–water partition coefficient (Wildman–Crippen LogP) is 0.580. The molecule has 0 aromatic heterocycles. The maximum absolute atomic E-state index is 11.8. The molecule has 2 saturated heterocycles. The van der Waals surface area contributed by atoms with Gasteiger partial charge in [-0.1, -0.05) is 6.58 Å². The Bertz CT molecular complexity index is 486. The van der Waals surface area contributed by atoms with Crippen molar-refractivity contribution in [2.45, 2.75) is 36.6 Å². The first-order chi connectivity index (χ1) is 8.15. The fourth-order valence-corrected chi connectivity index (χ4v) is 3.86. The van der Waals surface area contributed by atoms with Crippen molar-refractivity contribution in [2.75, 3.05) is 0 Å². The Morgan fingerprint density at radius 1 is 1.50 bits per heavy atom. The Labute approximate surface area is 108 Å². The molecule has 2 aliphatic heterocycles. The van der Waals surface area contributed by atoms with Gasteiger partial charge < -0.3 is 9.84 Å².